The number of aromatic nitrogens is 4. The summed E-state index contributed by atoms with van der Waals surface area (Å²) in [6.45, 7) is 0. The van der Waals surface area contributed by atoms with Gasteiger partial charge in [-0.15, -0.1) is 0 Å². The Morgan fingerprint density at radius 2 is 0.941 bits per heavy atom. The van der Waals surface area contributed by atoms with Crippen LogP contribution in [0.15, 0.2) is 170 Å². The van der Waals surface area contributed by atoms with Crippen LogP contribution in [-0.2, 0) is 0 Å². The second kappa shape index (κ2) is 10.7. The molecule has 238 valence electrons. The Morgan fingerprint density at radius 3 is 1.67 bits per heavy atom. The number of pyridine rings is 2. The molecule has 0 amide bonds. The van der Waals surface area contributed by atoms with Gasteiger partial charge in [-0.25, -0.2) is 4.98 Å². The molecule has 0 N–H and O–H groups in total. The summed E-state index contributed by atoms with van der Waals surface area (Å²) in [5.41, 5.74) is 10.8. The summed E-state index contributed by atoms with van der Waals surface area (Å²) in [6.07, 6.45) is 0. The molecule has 11 aromatic rings. The maximum atomic E-state index is 6.30. The van der Waals surface area contributed by atoms with Crippen LogP contribution in [0, 0.1) is 4.64 Å². The van der Waals surface area contributed by atoms with Gasteiger partial charge in [-0.2, -0.15) is 0 Å². The zero-order valence-corrected chi connectivity index (χ0v) is 28.2. The van der Waals surface area contributed by atoms with Crippen molar-refractivity contribution in [1.29, 1.82) is 0 Å². The number of rotatable bonds is 3. The highest BCUT2D eigenvalue weighted by molar-refractivity contribution is 7.71. The topological polar surface area (TPSA) is 27.2 Å². The van der Waals surface area contributed by atoms with Crippen molar-refractivity contribution in [3.05, 3.63) is 174 Å². The summed E-state index contributed by atoms with van der Waals surface area (Å²) >= 11 is 6.30. The molecule has 0 atom stereocenters. The molecule has 11 rings (SSSR count). The molecule has 0 aliphatic rings. The monoisotopic (exact) mass is 668 g/mol. The van der Waals surface area contributed by atoms with Gasteiger partial charge < -0.3 is 4.57 Å². The van der Waals surface area contributed by atoms with Gasteiger partial charge in [0.2, 0.25) is 0 Å². The maximum absolute atomic E-state index is 6.30. The maximum Gasteiger partial charge on any atom is 0.147 e. The minimum atomic E-state index is 0.780. The normalized spacial score (nSPS) is 12.0. The quantitative estimate of drug-likeness (QED) is 0.138. The predicted molar refractivity (Wildman–Crippen MR) is 215 cm³/mol. The fourth-order valence-electron chi connectivity index (χ4n) is 8.19. The number of hydrogen-bond donors (Lipinski definition) is 0. The zero-order chi connectivity index (χ0) is 33.6. The van der Waals surface area contributed by atoms with E-state index in [9.17, 15) is 0 Å². The molecule has 7 aromatic carbocycles. The second-order valence-electron chi connectivity index (χ2n) is 13.2. The van der Waals surface area contributed by atoms with Gasteiger partial charge in [0.05, 0.1) is 22.1 Å². The number of benzene rings is 7. The average Bonchev–Trinajstić information content (AvgIpc) is 3.74. The molecule has 0 radical (unpaired) electrons. The Bertz CT molecular complexity index is 3260. The van der Waals surface area contributed by atoms with Gasteiger partial charge >= 0.3 is 0 Å². The van der Waals surface area contributed by atoms with Gasteiger partial charge in [0.1, 0.15) is 15.9 Å². The molecule has 0 saturated heterocycles. The second-order valence-corrected chi connectivity index (χ2v) is 13.5. The lowest BCUT2D eigenvalue weighted by atomic mass is 10.0. The van der Waals surface area contributed by atoms with Crippen LogP contribution in [0.1, 0.15) is 0 Å². The Hall–Kier alpha value is -6.56. The number of nitrogens with zero attached hydrogens (tertiary/aromatic N) is 4. The van der Waals surface area contributed by atoms with Crippen LogP contribution >= 0.6 is 12.2 Å². The third kappa shape index (κ3) is 4.01. The lowest BCUT2D eigenvalue weighted by molar-refractivity contribution is 1.05. The van der Waals surface area contributed by atoms with Gasteiger partial charge in [0.25, 0.3) is 0 Å². The summed E-state index contributed by atoms with van der Waals surface area (Å²) in [5.74, 6) is 0. The van der Waals surface area contributed by atoms with Crippen LogP contribution in [0.3, 0.4) is 0 Å². The molecule has 5 heteroatoms. The van der Waals surface area contributed by atoms with E-state index in [0.29, 0.717) is 0 Å². The molecular weight excluding hydrogens is 641 g/mol. The van der Waals surface area contributed by atoms with Crippen LogP contribution in [-0.4, -0.2) is 18.5 Å². The first kappa shape index (κ1) is 28.3. The number of hydrogen-bond acceptors (Lipinski definition) is 2. The first-order valence-electron chi connectivity index (χ1n) is 17.2. The van der Waals surface area contributed by atoms with Crippen molar-refractivity contribution in [3.63, 3.8) is 0 Å². The summed E-state index contributed by atoms with van der Waals surface area (Å²) in [6, 6.07) is 60.4. The molecule has 0 spiro atoms. The van der Waals surface area contributed by atoms with Gasteiger partial charge in [-0.1, -0.05) is 127 Å². The molecule has 0 saturated carbocycles. The molecule has 4 nitrogen and oxygen atoms in total. The fourth-order valence-corrected chi connectivity index (χ4v) is 8.56. The number of fused-ring (bicyclic) bond motifs is 13. The van der Waals surface area contributed by atoms with Crippen molar-refractivity contribution in [2.45, 2.75) is 0 Å². The molecule has 0 aliphatic heterocycles. The first-order valence-corrected chi connectivity index (χ1v) is 17.6. The van der Waals surface area contributed by atoms with E-state index in [4.69, 9.17) is 17.2 Å². The fraction of sp³-hybridized carbons (Fsp3) is 0. The molecule has 4 heterocycles. The van der Waals surface area contributed by atoms with Crippen LogP contribution in [0.5, 0.6) is 0 Å². The third-order valence-corrected chi connectivity index (χ3v) is 10.8. The lowest BCUT2D eigenvalue weighted by Crippen LogP contribution is -2.06. The molecular formula is C46H28N4S. The van der Waals surface area contributed by atoms with Gasteiger partial charge in [-0.05, 0) is 76.5 Å². The lowest BCUT2D eigenvalue weighted by Gasteiger charge is -2.18. The Balaban J connectivity index is 1.22. The van der Waals surface area contributed by atoms with E-state index in [1.165, 1.54) is 21.8 Å². The highest BCUT2D eigenvalue weighted by Crippen LogP contribution is 2.40. The largest absolute Gasteiger partial charge is 0.309 e. The van der Waals surface area contributed by atoms with Gasteiger partial charge in [0.15, 0.2) is 0 Å². The first-order chi connectivity index (χ1) is 25.2. The van der Waals surface area contributed by atoms with Gasteiger partial charge in [0, 0.05) is 38.3 Å². The molecule has 0 aliphatic carbocycles. The molecule has 51 heavy (non-hydrogen) atoms. The molecule has 0 fully saturated rings. The summed E-state index contributed by atoms with van der Waals surface area (Å²) < 4.78 is 7.69. The van der Waals surface area contributed by atoms with Crippen LogP contribution in [0.2, 0.25) is 0 Å². The van der Waals surface area contributed by atoms with E-state index in [1.807, 2.05) is 6.07 Å². The SMILES string of the molecule is S=c1c2ccccc2c2c3ccccc3c3nc4cc(-c5ccc6c(c5)c5ccccc5n6-c5ccccc5)ccc4n3c2n1-c1ccccc1. The van der Waals surface area contributed by atoms with E-state index in [1.54, 1.807) is 0 Å². The highest BCUT2D eigenvalue weighted by atomic mass is 32.1. The summed E-state index contributed by atoms with van der Waals surface area (Å²) in [7, 11) is 0. The van der Waals surface area contributed by atoms with Crippen molar-refractivity contribution < 1.29 is 0 Å². The Labute approximate surface area is 297 Å². The molecule has 0 unspecified atom stereocenters. The van der Waals surface area contributed by atoms with E-state index >= 15 is 0 Å². The summed E-state index contributed by atoms with van der Waals surface area (Å²) in [4.78, 5) is 5.39. The van der Waals surface area contributed by atoms with Crippen molar-refractivity contribution in [3.8, 4) is 22.5 Å². The van der Waals surface area contributed by atoms with Crippen LogP contribution in [0.4, 0.5) is 0 Å². The molecule has 0 bridgehead atoms. The van der Waals surface area contributed by atoms with Crippen LogP contribution < -0.4 is 0 Å². The van der Waals surface area contributed by atoms with Gasteiger partial charge in [-0.3, -0.25) is 8.97 Å². The number of imidazole rings is 1. The molecule has 4 aromatic heterocycles. The van der Waals surface area contributed by atoms with Crippen molar-refractivity contribution >= 4 is 83.3 Å². The van der Waals surface area contributed by atoms with Crippen molar-refractivity contribution in [1.82, 2.24) is 18.5 Å². The standard InChI is InChI=1S/C46H28N4S/c51-46-37-21-10-8-19-35(37)43-34-18-7-9-20-36(34)44-47-39-28-30(24-26-42(39)50(44)45(43)49(46)32-15-5-2-6-16-32)29-23-25-41-38(27-29)33-17-11-12-22-40(33)48(41)31-13-3-1-4-14-31/h1-28H. The average molecular weight is 669 g/mol. The summed E-state index contributed by atoms with van der Waals surface area (Å²) in [5, 5.41) is 8.10. The van der Waals surface area contributed by atoms with E-state index < -0.39 is 0 Å². The highest BCUT2D eigenvalue weighted by Gasteiger charge is 2.21. The zero-order valence-electron chi connectivity index (χ0n) is 27.4. The Morgan fingerprint density at radius 1 is 0.412 bits per heavy atom. The predicted octanol–water partition coefficient (Wildman–Crippen LogP) is 12.2. The van der Waals surface area contributed by atoms with E-state index in [-0.39, 0.29) is 0 Å². The minimum absolute atomic E-state index is 0.780. The van der Waals surface area contributed by atoms with Crippen LogP contribution in [0.25, 0.3) is 93.6 Å². The van der Waals surface area contributed by atoms with E-state index in [2.05, 4.69) is 177 Å². The third-order valence-electron chi connectivity index (χ3n) is 10.4. The van der Waals surface area contributed by atoms with E-state index in [0.717, 1.165) is 76.4 Å². The smallest absolute Gasteiger partial charge is 0.147 e. The number of para-hydroxylation sites is 3. The van der Waals surface area contributed by atoms with Crippen molar-refractivity contribution in [2.24, 2.45) is 0 Å². The Kier molecular flexibility index (Phi) is 5.95. The van der Waals surface area contributed by atoms with Crippen molar-refractivity contribution in [2.75, 3.05) is 0 Å². The minimum Gasteiger partial charge on any atom is -0.309 e.